The van der Waals surface area contributed by atoms with Gasteiger partial charge in [-0.3, -0.25) is 0 Å². The largest absolute Gasteiger partial charge is 0.444 e. The maximum atomic E-state index is 11.9. The Hall–Kier alpha value is -2.07. The molecule has 4 nitrogen and oxygen atoms in total. The van der Waals surface area contributed by atoms with Crippen LogP contribution >= 0.6 is 0 Å². The molecule has 4 heteroatoms. The number of allylic oxidation sites excluding steroid dienone is 3. The van der Waals surface area contributed by atoms with E-state index in [0.717, 1.165) is 11.1 Å². The number of carbonyl (C=O) groups excluding carboxylic acids is 1. The van der Waals surface area contributed by atoms with E-state index in [1.807, 2.05) is 45.9 Å². The molecule has 1 amide bonds. The first-order chi connectivity index (χ1) is 13.9. The van der Waals surface area contributed by atoms with E-state index in [9.17, 15) is 9.90 Å². The van der Waals surface area contributed by atoms with Crippen LogP contribution in [0.5, 0.6) is 0 Å². The van der Waals surface area contributed by atoms with Gasteiger partial charge in [0.25, 0.3) is 0 Å². The number of ether oxygens (including phenoxy) is 1. The summed E-state index contributed by atoms with van der Waals surface area (Å²) >= 11 is 0. The van der Waals surface area contributed by atoms with Crippen LogP contribution in [0.15, 0.2) is 41.5 Å². The molecular formula is C26H39NO3. The number of carbonyl (C=O) groups is 1. The highest BCUT2D eigenvalue weighted by Crippen LogP contribution is 2.41. The van der Waals surface area contributed by atoms with Crippen molar-refractivity contribution in [2.24, 2.45) is 11.3 Å². The van der Waals surface area contributed by atoms with Crippen LogP contribution in [-0.2, 0) is 4.74 Å². The Kier molecular flexibility index (Phi) is 7.93. The average Bonchev–Trinajstić information content (AvgIpc) is 2.63. The summed E-state index contributed by atoms with van der Waals surface area (Å²) in [4.78, 5) is 11.9. The zero-order valence-electron chi connectivity index (χ0n) is 19.7. The molecule has 30 heavy (non-hydrogen) atoms. The number of aliphatic hydroxyl groups excluding tert-OH is 1. The van der Waals surface area contributed by atoms with Crippen molar-refractivity contribution in [3.8, 4) is 0 Å². The van der Waals surface area contributed by atoms with Crippen LogP contribution in [-0.4, -0.2) is 23.3 Å². The molecule has 0 saturated carbocycles. The summed E-state index contributed by atoms with van der Waals surface area (Å²) in [5.74, 6) is -0.140. The summed E-state index contributed by atoms with van der Waals surface area (Å²) in [5, 5.41) is 13.5. The van der Waals surface area contributed by atoms with E-state index in [4.69, 9.17) is 4.74 Å². The van der Waals surface area contributed by atoms with Gasteiger partial charge in [-0.25, -0.2) is 4.79 Å². The molecule has 0 fully saturated rings. The Bertz CT molecular complexity index is 799. The Morgan fingerprint density at radius 3 is 2.63 bits per heavy atom. The molecule has 166 valence electrons. The molecule has 0 aliphatic heterocycles. The summed E-state index contributed by atoms with van der Waals surface area (Å²) in [6.07, 6.45) is 6.90. The van der Waals surface area contributed by atoms with Crippen molar-refractivity contribution in [3.05, 3.63) is 52.6 Å². The number of alkyl carbamates (subject to hydrolysis) is 1. The van der Waals surface area contributed by atoms with Gasteiger partial charge in [-0.05, 0) is 75.1 Å². The van der Waals surface area contributed by atoms with E-state index in [1.54, 1.807) is 0 Å². The lowest BCUT2D eigenvalue weighted by atomic mass is 9.72. The first kappa shape index (κ1) is 24.2. The predicted octanol–water partition coefficient (Wildman–Crippen LogP) is 6.42. The first-order valence-corrected chi connectivity index (χ1v) is 11.0. The summed E-state index contributed by atoms with van der Waals surface area (Å²) in [6, 6.07) is 7.99. The van der Waals surface area contributed by atoms with Crippen molar-refractivity contribution >= 4 is 12.2 Å². The highest BCUT2D eigenvalue weighted by Gasteiger charge is 2.26. The van der Waals surface area contributed by atoms with Gasteiger partial charge in [0.1, 0.15) is 5.60 Å². The lowest BCUT2D eigenvalue weighted by Gasteiger charge is -2.32. The summed E-state index contributed by atoms with van der Waals surface area (Å²) in [6.45, 7) is 14.6. The second-order valence-electron chi connectivity index (χ2n) is 10.2. The van der Waals surface area contributed by atoms with Crippen LogP contribution < -0.4 is 5.32 Å². The summed E-state index contributed by atoms with van der Waals surface area (Å²) in [7, 11) is 0. The molecular weight excluding hydrogens is 374 g/mol. The topological polar surface area (TPSA) is 58.6 Å². The third-order valence-electron chi connectivity index (χ3n) is 5.74. The Morgan fingerprint density at radius 2 is 2.00 bits per heavy atom. The minimum absolute atomic E-state index is 0.140. The molecule has 2 rings (SSSR count). The van der Waals surface area contributed by atoms with Crippen molar-refractivity contribution in [2.45, 2.75) is 79.4 Å². The van der Waals surface area contributed by atoms with Crippen molar-refractivity contribution in [1.82, 2.24) is 5.32 Å². The van der Waals surface area contributed by atoms with E-state index in [2.05, 4.69) is 44.3 Å². The normalized spacial score (nSPS) is 18.9. The smallest absolute Gasteiger partial charge is 0.407 e. The van der Waals surface area contributed by atoms with E-state index in [0.29, 0.717) is 6.54 Å². The van der Waals surface area contributed by atoms with Crippen molar-refractivity contribution in [2.75, 3.05) is 6.54 Å². The fourth-order valence-electron chi connectivity index (χ4n) is 4.04. The van der Waals surface area contributed by atoms with Crippen LogP contribution in [0.3, 0.4) is 0 Å². The van der Waals surface area contributed by atoms with E-state index < -0.39 is 17.8 Å². The SMILES string of the molecule is CC1=C(C=Cc2cccc(C(O)C(C)CNC(=O)OC(C)(C)C)c2)C(C)(C)CCC1. The molecule has 1 aromatic rings. The van der Waals surface area contributed by atoms with E-state index in [-0.39, 0.29) is 11.3 Å². The minimum Gasteiger partial charge on any atom is -0.444 e. The number of aliphatic hydroxyl groups is 1. The molecule has 2 N–H and O–H groups in total. The van der Waals surface area contributed by atoms with Gasteiger partial charge in [0.05, 0.1) is 6.10 Å². The fourth-order valence-corrected chi connectivity index (χ4v) is 4.04. The minimum atomic E-state index is -0.666. The zero-order chi connectivity index (χ0) is 22.5. The van der Waals surface area contributed by atoms with E-state index >= 15 is 0 Å². The van der Waals surface area contributed by atoms with Gasteiger partial charge in [0, 0.05) is 12.5 Å². The van der Waals surface area contributed by atoms with Gasteiger partial charge in [-0.1, -0.05) is 56.7 Å². The summed E-state index contributed by atoms with van der Waals surface area (Å²) < 4.78 is 5.26. The van der Waals surface area contributed by atoms with Gasteiger partial charge in [0.15, 0.2) is 0 Å². The molecule has 2 unspecified atom stereocenters. The first-order valence-electron chi connectivity index (χ1n) is 11.0. The number of amides is 1. The second-order valence-corrected chi connectivity index (χ2v) is 10.2. The highest BCUT2D eigenvalue weighted by molar-refractivity contribution is 5.67. The van der Waals surface area contributed by atoms with Crippen molar-refractivity contribution in [3.63, 3.8) is 0 Å². The number of nitrogens with one attached hydrogen (secondary N) is 1. The maximum Gasteiger partial charge on any atom is 0.407 e. The Morgan fingerprint density at radius 1 is 1.30 bits per heavy atom. The van der Waals surface area contributed by atoms with Gasteiger partial charge in [-0.15, -0.1) is 0 Å². The van der Waals surface area contributed by atoms with Gasteiger partial charge in [0.2, 0.25) is 0 Å². The Balaban J connectivity index is 2.04. The second kappa shape index (κ2) is 9.82. The molecule has 1 aliphatic carbocycles. The van der Waals surface area contributed by atoms with Crippen molar-refractivity contribution < 1.29 is 14.6 Å². The number of hydrogen-bond donors (Lipinski definition) is 2. The molecule has 0 radical (unpaired) electrons. The molecule has 1 aromatic carbocycles. The highest BCUT2D eigenvalue weighted by atomic mass is 16.6. The van der Waals surface area contributed by atoms with Gasteiger partial charge < -0.3 is 15.2 Å². The van der Waals surface area contributed by atoms with Gasteiger partial charge in [-0.2, -0.15) is 0 Å². The van der Waals surface area contributed by atoms with Crippen LogP contribution in [0.2, 0.25) is 0 Å². The van der Waals surface area contributed by atoms with Crippen LogP contribution in [0.1, 0.15) is 85.0 Å². The van der Waals surface area contributed by atoms with Crippen LogP contribution in [0.4, 0.5) is 4.79 Å². The van der Waals surface area contributed by atoms with Crippen LogP contribution in [0.25, 0.3) is 6.08 Å². The predicted molar refractivity (Wildman–Crippen MR) is 124 cm³/mol. The van der Waals surface area contributed by atoms with Crippen molar-refractivity contribution in [1.29, 1.82) is 0 Å². The maximum absolute atomic E-state index is 11.9. The third-order valence-corrected chi connectivity index (χ3v) is 5.74. The zero-order valence-corrected chi connectivity index (χ0v) is 19.7. The molecule has 0 saturated heterocycles. The third kappa shape index (κ3) is 7.02. The van der Waals surface area contributed by atoms with Crippen LogP contribution in [0, 0.1) is 11.3 Å². The average molecular weight is 414 g/mol. The quantitative estimate of drug-likeness (QED) is 0.566. The Labute approximate surface area is 182 Å². The molecule has 2 atom stereocenters. The lowest BCUT2D eigenvalue weighted by Crippen LogP contribution is -2.36. The number of benzene rings is 1. The number of rotatable bonds is 6. The lowest BCUT2D eigenvalue weighted by molar-refractivity contribution is 0.0492. The number of hydrogen-bond acceptors (Lipinski definition) is 3. The molecule has 0 spiro atoms. The van der Waals surface area contributed by atoms with Gasteiger partial charge >= 0.3 is 6.09 Å². The molecule has 0 bridgehead atoms. The molecule has 0 heterocycles. The summed E-state index contributed by atoms with van der Waals surface area (Å²) in [5.41, 5.74) is 4.49. The monoisotopic (exact) mass is 413 g/mol. The van der Waals surface area contributed by atoms with E-state index in [1.165, 1.54) is 30.4 Å². The standard InChI is InChI=1S/C26H39NO3/c1-18-10-9-15-26(6,7)22(18)14-13-20-11-8-12-21(16-20)23(28)19(2)17-27-24(29)30-25(3,4)5/h8,11-14,16,19,23,28H,9-10,15,17H2,1-7H3,(H,27,29). The molecule has 1 aliphatic rings. The molecule has 0 aromatic heterocycles. The fraction of sp³-hybridized carbons (Fsp3) is 0.577.